The molecule has 0 fully saturated rings. The lowest BCUT2D eigenvalue weighted by Gasteiger charge is -2.10. The van der Waals surface area contributed by atoms with E-state index in [0.29, 0.717) is 6.04 Å². The zero-order valence-electron chi connectivity index (χ0n) is 12.2. The Bertz CT molecular complexity index is 468. The van der Waals surface area contributed by atoms with Crippen LogP contribution in [-0.4, -0.2) is 25.8 Å². The summed E-state index contributed by atoms with van der Waals surface area (Å²) < 4.78 is 11.3. The molecule has 1 aromatic rings. The van der Waals surface area contributed by atoms with Crippen LogP contribution in [0, 0.1) is 0 Å². The summed E-state index contributed by atoms with van der Waals surface area (Å²) in [5.74, 6) is 1.90. The van der Waals surface area contributed by atoms with E-state index in [1.807, 2.05) is 0 Å². The number of methoxy groups -OCH3 is 1. The minimum atomic E-state index is 0.264. The minimum Gasteiger partial charge on any atom is -0.496 e. The fourth-order valence-corrected chi connectivity index (χ4v) is 2.40. The van der Waals surface area contributed by atoms with Crippen molar-refractivity contribution in [1.82, 2.24) is 5.32 Å². The van der Waals surface area contributed by atoms with Crippen LogP contribution < -0.4 is 14.8 Å². The van der Waals surface area contributed by atoms with Crippen LogP contribution in [0.4, 0.5) is 0 Å². The Hall–Kier alpha value is -1.48. The number of fused-ring (bicyclic) bond motifs is 1. The average molecular weight is 261 g/mol. The molecular formula is C16H23NO2. The van der Waals surface area contributed by atoms with Crippen LogP contribution in [-0.2, 0) is 6.42 Å². The van der Waals surface area contributed by atoms with Crippen molar-refractivity contribution < 1.29 is 9.47 Å². The molecule has 19 heavy (non-hydrogen) atoms. The summed E-state index contributed by atoms with van der Waals surface area (Å²) in [4.78, 5) is 0. The molecule has 2 unspecified atom stereocenters. The Kier molecular flexibility index (Phi) is 4.48. The summed E-state index contributed by atoms with van der Waals surface area (Å²) in [5.41, 5.74) is 2.31. The van der Waals surface area contributed by atoms with Crippen molar-refractivity contribution in [3.8, 4) is 11.5 Å². The van der Waals surface area contributed by atoms with E-state index in [1.165, 1.54) is 5.56 Å². The lowest BCUT2D eigenvalue weighted by atomic mass is 10.1. The van der Waals surface area contributed by atoms with Gasteiger partial charge in [-0.05, 0) is 32.5 Å². The van der Waals surface area contributed by atoms with E-state index in [0.717, 1.165) is 30.0 Å². The van der Waals surface area contributed by atoms with Gasteiger partial charge in [0.25, 0.3) is 0 Å². The fraction of sp³-hybridized carbons (Fsp3) is 0.500. The highest BCUT2D eigenvalue weighted by Crippen LogP contribution is 2.35. The van der Waals surface area contributed by atoms with Crippen LogP contribution in [0.1, 0.15) is 31.9 Å². The number of benzene rings is 1. The average Bonchev–Trinajstić information content (AvgIpc) is 2.74. The van der Waals surface area contributed by atoms with Gasteiger partial charge in [0.2, 0.25) is 0 Å². The second-order valence-electron chi connectivity index (χ2n) is 5.04. The maximum absolute atomic E-state index is 5.80. The van der Waals surface area contributed by atoms with Crippen molar-refractivity contribution in [3.05, 3.63) is 29.3 Å². The molecule has 0 saturated heterocycles. The van der Waals surface area contributed by atoms with Gasteiger partial charge in [0.15, 0.2) is 0 Å². The topological polar surface area (TPSA) is 30.5 Å². The molecule has 2 rings (SSSR count). The SMILES string of the molecule is CCNC(C)/C=C/c1cc2c(cc1OC)CC(C)O2. The Labute approximate surface area is 115 Å². The molecule has 1 aromatic carbocycles. The lowest BCUT2D eigenvalue weighted by Crippen LogP contribution is -2.22. The second-order valence-corrected chi connectivity index (χ2v) is 5.04. The van der Waals surface area contributed by atoms with Gasteiger partial charge < -0.3 is 14.8 Å². The monoisotopic (exact) mass is 261 g/mol. The molecule has 1 N–H and O–H groups in total. The van der Waals surface area contributed by atoms with Crippen molar-refractivity contribution >= 4 is 6.08 Å². The number of hydrogen-bond donors (Lipinski definition) is 1. The van der Waals surface area contributed by atoms with Crippen molar-refractivity contribution in [2.24, 2.45) is 0 Å². The number of likely N-dealkylation sites (N-methyl/N-ethyl adjacent to an activating group) is 1. The maximum Gasteiger partial charge on any atom is 0.126 e. The molecular weight excluding hydrogens is 238 g/mol. The molecule has 104 valence electrons. The highest BCUT2D eigenvalue weighted by atomic mass is 16.5. The highest BCUT2D eigenvalue weighted by molar-refractivity contribution is 5.62. The highest BCUT2D eigenvalue weighted by Gasteiger charge is 2.20. The van der Waals surface area contributed by atoms with Gasteiger partial charge >= 0.3 is 0 Å². The second kappa shape index (κ2) is 6.11. The first kappa shape index (κ1) is 13.9. The van der Waals surface area contributed by atoms with Gasteiger partial charge in [0, 0.05) is 23.6 Å². The molecule has 1 aliphatic heterocycles. The predicted octanol–water partition coefficient (Wildman–Crippen LogP) is 3.03. The van der Waals surface area contributed by atoms with Gasteiger partial charge in [-0.3, -0.25) is 0 Å². The van der Waals surface area contributed by atoms with Crippen molar-refractivity contribution in [2.45, 2.75) is 39.3 Å². The van der Waals surface area contributed by atoms with Gasteiger partial charge in [-0.15, -0.1) is 0 Å². The summed E-state index contributed by atoms with van der Waals surface area (Å²) in [7, 11) is 1.71. The predicted molar refractivity (Wildman–Crippen MR) is 79.0 cm³/mol. The van der Waals surface area contributed by atoms with Crippen molar-refractivity contribution in [2.75, 3.05) is 13.7 Å². The fourth-order valence-electron chi connectivity index (χ4n) is 2.40. The van der Waals surface area contributed by atoms with Crippen LogP contribution in [0.3, 0.4) is 0 Å². The third-order valence-corrected chi connectivity index (χ3v) is 3.34. The van der Waals surface area contributed by atoms with Crippen LogP contribution >= 0.6 is 0 Å². The summed E-state index contributed by atoms with van der Waals surface area (Å²) in [6.45, 7) is 7.30. The summed E-state index contributed by atoms with van der Waals surface area (Å²) in [6, 6.07) is 4.52. The van der Waals surface area contributed by atoms with E-state index < -0.39 is 0 Å². The zero-order valence-corrected chi connectivity index (χ0v) is 12.2. The third kappa shape index (κ3) is 3.29. The standard InChI is InChI=1S/C16H23NO2/c1-5-17-11(2)6-7-13-9-16-14(8-12(3)19-16)10-15(13)18-4/h6-7,9-12,17H,5,8H2,1-4H3/b7-6+. The Morgan fingerprint density at radius 3 is 3.00 bits per heavy atom. The zero-order chi connectivity index (χ0) is 13.8. The Balaban J connectivity index is 2.23. The Morgan fingerprint density at radius 1 is 1.53 bits per heavy atom. The van der Waals surface area contributed by atoms with Crippen molar-refractivity contribution in [3.63, 3.8) is 0 Å². The Morgan fingerprint density at radius 2 is 2.32 bits per heavy atom. The van der Waals surface area contributed by atoms with E-state index in [9.17, 15) is 0 Å². The first-order valence-electron chi connectivity index (χ1n) is 6.93. The molecule has 1 aliphatic rings. The molecule has 3 nitrogen and oxygen atoms in total. The molecule has 0 amide bonds. The van der Waals surface area contributed by atoms with E-state index in [-0.39, 0.29) is 6.10 Å². The van der Waals surface area contributed by atoms with Crippen LogP contribution in [0.15, 0.2) is 18.2 Å². The quantitative estimate of drug-likeness (QED) is 0.883. The molecule has 0 bridgehead atoms. The smallest absolute Gasteiger partial charge is 0.126 e. The van der Waals surface area contributed by atoms with E-state index in [4.69, 9.17) is 9.47 Å². The summed E-state index contributed by atoms with van der Waals surface area (Å²) >= 11 is 0. The lowest BCUT2D eigenvalue weighted by molar-refractivity contribution is 0.254. The summed E-state index contributed by atoms with van der Waals surface area (Å²) in [5, 5.41) is 3.35. The molecule has 3 heteroatoms. The van der Waals surface area contributed by atoms with Gasteiger partial charge in [-0.1, -0.05) is 19.1 Å². The number of nitrogens with one attached hydrogen (secondary N) is 1. The third-order valence-electron chi connectivity index (χ3n) is 3.34. The first-order chi connectivity index (χ1) is 9.13. The van der Waals surface area contributed by atoms with Gasteiger partial charge in [-0.2, -0.15) is 0 Å². The van der Waals surface area contributed by atoms with E-state index in [2.05, 4.69) is 50.4 Å². The minimum absolute atomic E-state index is 0.264. The molecule has 0 saturated carbocycles. The normalized spacial score (nSPS) is 19.3. The largest absolute Gasteiger partial charge is 0.496 e. The molecule has 0 spiro atoms. The molecule has 1 heterocycles. The van der Waals surface area contributed by atoms with Crippen molar-refractivity contribution in [1.29, 1.82) is 0 Å². The molecule has 0 aliphatic carbocycles. The first-order valence-corrected chi connectivity index (χ1v) is 6.93. The maximum atomic E-state index is 5.80. The number of hydrogen-bond acceptors (Lipinski definition) is 3. The van der Waals surface area contributed by atoms with Crippen LogP contribution in [0.5, 0.6) is 11.5 Å². The number of ether oxygens (including phenoxy) is 2. The van der Waals surface area contributed by atoms with Gasteiger partial charge in [0.1, 0.15) is 17.6 Å². The molecule has 0 radical (unpaired) electrons. The van der Waals surface area contributed by atoms with E-state index >= 15 is 0 Å². The molecule has 0 aromatic heterocycles. The van der Waals surface area contributed by atoms with Gasteiger partial charge in [-0.25, -0.2) is 0 Å². The van der Waals surface area contributed by atoms with Gasteiger partial charge in [0.05, 0.1) is 7.11 Å². The van der Waals surface area contributed by atoms with Crippen LogP contribution in [0.2, 0.25) is 0 Å². The number of rotatable bonds is 5. The summed E-state index contributed by atoms with van der Waals surface area (Å²) in [6.07, 6.45) is 5.47. The molecule has 2 atom stereocenters. The van der Waals surface area contributed by atoms with Crippen LogP contribution in [0.25, 0.3) is 6.08 Å². The van der Waals surface area contributed by atoms with E-state index in [1.54, 1.807) is 7.11 Å².